The zero-order valence-corrected chi connectivity index (χ0v) is 21.7. The van der Waals surface area contributed by atoms with E-state index in [2.05, 4.69) is 32.2 Å². The number of rotatable bonds is 8. The Morgan fingerprint density at radius 3 is 3.05 bits per heavy atom. The SMILES string of the molecule is C=C1C(c2ncc(F)c(NC[C@H]3CCCCN3C(=O)c3cccc(OC)c3)n2)=CNC1=N/C=C(/Cl)CC. The van der Waals surface area contributed by atoms with Crippen LogP contribution in [0.3, 0.4) is 0 Å². The van der Waals surface area contributed by atoms with Crippen molar-refractivity contribution in [1.29, 1.82) is 0 Å². The fourth-order valence-electron chi connectivity index (χ4n) is 4.22. The van der Waals surface area contributed by atoms with Crippen LogP contribution in [0.1, 0.15) is 48.8 Å². The number of anilines is 1. The van der Waals surface area contributed by atoms with E-state index in [0.29, 0.717) is 58.7 Å². The van der Waals surface area contributed by atoms with E-state index in [1.54, 1.807) is 43.8 Å². The predicted molar refractivity (Wildman–Crippen MR) is 144 cm³/mol. The van der Waals surface area contributed by atoms with Gasteiger partial charge in [0.15, 0.2) is 17.5 Å². The number of aliphatic imine (C=N–C) groups is 1. The number of amides is 1. The number of nitrogens with one attached hydrogen (secondary N) is 2. The summed E-state index contributed by atoms with van der Waals surface area (Å²) in [6, 6.07) is 7.00. The largest absolute Gasteiger partial charge is 0.497 e. The first-order valence-corrected chi connectivity index (χ1v) is 12.6. The van der Waals surface area contributed by atoms with Gasteiger partial charge in [0.2, 0.25) is 0 Å². The summed E-state index contributed by atoms with van der Waals surface area (Å²) < 4.78 is 19.9. The third-order valence-corrected chi connectivity index (χ3v) is 6.70. The highest BCUT2D eigenvalue weighted by atomic mass is 35.5. The average Bonchev–Trinajstić information content (AvgIpc) is 3.30. The molecular weight excluding hydrogens is 495 g/mol. The van der Waals surface area contributed by atoms with Crippen molar-refractivity contribution in [2.75, 3.05) is 25.5 Å². The van der Waals surface area contributed by atoms with Crippen LogP contribution in [0.15, 0.2) is 65.0 Å². The molecule has 3 heterocycles. The number of halogens is 2. The van der Waals surface area contributed by atoms with Crippen molar-refractivity contribution in [3.63, 3.8) is 0 Å². The van der Waals surface area contributed by atoms with Crippen molar-refractivity contribution >= 4 is 34.7 Å². The molecule has 0 saturated carbocycles. The molecule has 1 fully saturated rings. The molecule has 0 radical (unpaired) electrons. The van der Waals surface area contributed by atoms with Crippen LogP contribution >= 0.6 is 11.6 Å². The molecule has 0 aliphatic carbocycles. The Balaban J connectivity index is 1.47. The zero-order valence-electron chi connectivity index (χ0n) is 20.9. The van der Waals surface area contributed by atoms with Crippen LogP contribution < -0.4 is 15.4 Å². The topological polar surface area (TPSA) is 91.7 Å². The highest BCUT2D eigenvalue weighted by molar-refractivity contribution is 6.29. The number of allylic oxidation sites excluding steroid dienone is 1. The minimum absolute atomic E-state index is 0.0670. The van der Waals surface area contributed by atoms with E-state index in [-0.39, 0.29) is 17.8 Å². The third kappa shape index (κ3) is 6.17. The monoisotopic (exact) mass is 524 g/mol. The summed E-state index contributed by atoms with van der Waals surface area (Å²) in [5, 5.41) is 6.74. The van der Waals surface area contributed by atoms with Crippen LogP contribution in [0, 0.1) is 5.82 Å². The predicted octanol–water partition coefficient (Wildman–Crippen LogP) is 5.12. The first kappa shape index (κ1) is 26.3. The number of amidine groups is 1. The molecule has 1 atom stereocenters. The molecule has 10 heteroatoms. The highest BCUT2D eigenvalue weighted by Gasteiger charge is 2.28. The Kier molecular flexibility index (Phi) is 8.55. The molecule has 1 aromatic carbocycles. The number of benzene rings is 1. The molecule has 2 aromatic rings. The molecule has 0 unspecified atom stereocenters. The van der Waals surface area contributed by atoms with Crippen LogP contribution in [0.4, 0.5) is 10.2 Å². The van der Waals surface area contributed by atoms with Gasteiger partial charge < -0.3 is 20.3 Å². The number of aromatic nitrogens is 2. The Bertz CT molecular complexity index is 1280. The first-order chi connectivity index (χ1) is 17.9. The molecule has 37 heavy (non-hydrogen) atoms. The molecule has 0 spiro atoms. The van der Waals surface area contributed by atoms with Crippen LogP contribution in [-0.2, 0) is 0 Å². The second-order valence-corrected chi connectivity index (χ2v) is 9.22. The number of hydrogen-bond donors (Lipinski definition) is 2. The Morgan fingerprint density at radius 2 is 2.27 bits per heavy atom. The van der Waals surface area contributed by atoms with Crippen LogP contribution in [0.5, 0.6) is 5.75 Å². The minimum atomic E-state index is -0.575. The van der Waals surface area contributed by atoms with E-state index >= 15 is 0 Å². The lowest BCUT2D eigenvalue weighted by Gasteiger charge is -2.36. The van der Waals surface area contributed by atoms with Crippen molar-refractivity contribution in [2.24, 2.45) is 4.99 Å². The quantitative estimate of drug-likeness (QED) is 0.498. The number of carbonyl (C=O) groups excluding carboxylic acids is 1. The molecule has 1 aromatic heterocycles. The Morgan fingerprint density at radius 1 is 1.43 bits per heavy atom. The van der Waals surface area contributed by atoms with Crippen LogP contribution in [0.2, 0.25) is 0 Å². The molecule has 2 N–H and O–H groups in total. The Hall–Kier alpha value is -3.72. The maximum absolute atomic E-state index is 14.7. The van der Waals surface area contributed by atoms with Crippen LogP contribution in [0.25, 0.3) is 5.57 Å². The van der Waals surface area contributed by atoms with Gasteiger partial charge in [-0.1, -0.05) is 31.2 Å². The minimum Gasteiger partial charge on any atom is -0.497 e. The molecular formula is C27H30ClFN6O2. The summed E-state index contributed by atoms with van der Waals surface area (Å²) in [7, 11) is 1.57. The maximum Gasteiger partial charge on any atom is 0.254 e. The van der Waals surface area contributed by atoms with Gasteiger partial charge in [-0.2, -0.15) is 0 Å². The second-order valence-electron chi connectivity index (χ2n) is 8.74. The van der Waals surface area contributed by atoms with Gasteiger partial charge >= 0.3 is 0 Å². The summed E-state index contributed by atoms with van der Waals surface area (Å²) in [4.78, 5) is 28.0. The fourth-order valence-corrected chi connectivity index (χ4v) is 4.27. The van der Waals surface area contributed by atoms with Crippen molar-refractivity contribution < 1.29 is 13.9 Å². The number of hydrogen-bond acceptors (Lipinski definition) is 6. The van der Waals surface area contributed by atoms with Gasteiger partial charge in [-0.3, -0.25) is 4.79 Å². The molecule has 2 aliphatic heterocycles. The van der Waals surface area contributed by atoms with E-state index in [9.17, 15) is 9.18 Å². The number of carbonyl (C=O) groups is 1. The van der Waals surface area contributed by atoms with Gasteiger partial charge in [0.25, 0.3) is 5.91 Å². The number of nitrogens with zero attached hydrogens (tertiary/aromatic N) is 4. The third-order valence-electron chi connectivity index (χ3n) is 6.33. The van der Waals surface area contributed by atoms with Crippen LogP contribution in [-0.4, -0.2) is 52.9 Å². The summed E-state index contributed by atoms with van der Waals surface area (Å²) in [6.45, 7) is 6.98. The standard InChI is InChI=1S/C27H30ClFN6O2/c1-4-19(28)13-30-24-17(2)22(15-32-24)25-33-16-23(29)26(34-25)31-14-20-9-5-6-11-35(20)27(36)18-8-7-10-21(12-18)37-3/h7-8,10,12-13,15-16,20H,2,4-6,9,11,14H2,1,3H3,(H,30,32)(H,31,33,34)/b19-13+/t20-/m1/s1. The molecule has 2 aliphatic rings. The summed E-state index contributed by atoms with van der Waals surface area (Å²) in [6.07, 6.45) is 7.76. The first-order valence-electron chi connectivity index (χ1n) is 12.2. The van der Waals surface area contributed by atoms with E-state index in [4.69, 9.17) is 16.3 Å². The molecule has 1 saturated heterocycles. The van der Waals surface area contributed by atoms with Crippen molar-refractivity contribution in [3.8, 4) is 5.75 Å². The second kappa shape index (κ2) is 12.0. The van der Waals surface area contributed by atoms with Crippen molar-refractivity contribution in [1.82, 2.24) is 20.2 Å². The number of ether oxygens (including phenoxy) is 1. The van der Waals surface area contributed by atoms with Gasteiger partial charge in [-0.05, 0) is 43.9 Å². The highest BCUT2D eigenvalue weighted by Crippen LogP contribution is 2.26. The summed E-state index contributed by atoms with van der Waals surface area (Å²) in [5.74, 6) is 0.884. The normalized spacial score (nSPS) is 19.0. The molecule has 4 rings (SSSR count). The van der Waals surface area contributed by atoms with Crippen molar-refractivity contribution in [3.05, 3.63) is 77.3 Å². The average molecular weight is 525 g/mol. The number of methoxy groups -OCH3 is 1. The molecule has 194 valence electrons. The van der Waals surface area contributed by atoms with E-state index in [1.165, 1.54) is 0 Å². The van der Waals surface area contributed by atoms with Gasteiger partial charge in [0, 0.05) is 53.3 Å². The maximum atomic E-state index is 14.7. The summed E-state index contributed by atoms with van der Waals surface area (Å²) in [5.41, 5.74) is 1.75. The molecule has 8 nitrogen and oxygen atoms in total. The molecule has 0 bridgehead atoms. The lowest BCUT2D eigenvalue weighted by atomic mass is 10.0. The summed E-state index contributed by atoms with van der Waals surface area (Å²) >= 11 is 6.03. The Labute approximate surface area is 221 Å². The zero-order chi connectivity index (χ0) is 26.4. The number of likely N-dealkylation sites (tertiary alicyclic amines) is 1. The fraction of sp³-hybridized carbons (Fsp3) is 0.333. The lowest BCUT2D eigenvalue weighted by molar-refractivity contribution is 0.0628. The van der Waals surface area contributed by atoms with Gasteiger partial charge in [-0.15, -0.1) is 0 Å². The van der Waals surface area contributed by atoms with Gasteiger partial charge in [-0.25, -0.2) is 19.4 Å². The molecule has 1 amide bonds. The number of piperidine rings is 1. The van der Waals surface area contributed by atoms with Crippen molar-refractivity contribution in [2.45, 2.75) is 38.6 Å². The lowest BCUT2D eigenvalue weighted by Crippen LogP contribution is -2.47. The van der Waals surface area contributed by atoms with E-state index < -0.39 is 5.82 Å². The van der Waals surface area contributed by atoms with Gasteiger partial charge in [0.05, 0.1) is 13.3 Å². The van der Waals surface area contributed by atoms with E-state index in [1.807, 2.05) is 11.8 Å². The van der Waals surface area contributed by atoms with Gasteiger partial charge in [0.1, 0.15) is 11.6 Å². The smallest absolute Gasteiger partial charge is 0.254 e. The van der Waals surface area contributed by atoms with E-state index in [0.717, 1.165) is 25.5 Å².